The van der Waals surface area contributed by atoms with E-state index in [0.29, 0.717) is 22.4 Å². The first kappa shape index (κ1) is 14.3. The molecule has 2 nitrogen and oxygen atoms in total. The van der Waals surface area contributed by atoms with Gasteiger partial charge in [-0.2, -0.15) is 0 Å². The van der Waals surface area contributed by atoms with Gasteiger partial charge in [0.25, 0.3) is 0 Å². The minimum Gasteiger partial charge on any atom is -0.237 e. The molecule has 0 aliphatic heterocycles. The molecule has 0 spiro atoms. The first-order valence-electron chi connectivity index (χ1n) is 7.98. The molecule has 0 bridgehead atoms. The van der Waals surface area contributed by atoms with E-state index < -0.39 is 0 Å². The van der Waals surface area contributed by atoms with Crippen molar-refractivity contribution in [1.29, 1.82) is 0 Å². The Morgan fingerprint density at radius 2 is 1.55 bits per heavy atom. The first-order valence-corrected chi connectivity index (χ1v) is 8.35. The highest BCUT2D eigenvalue weighted by Gasteiger charge is 2.32. The van der Waals surface area contributed by atoms with Gasteiger partial charge >= 0.3 is 0 Å². The smallest absolute Gasteiger partial charge is 0.133 e. The largest absolute Gasteiger partial charge is 0.237 e. The summed E-state index contributed by atoms with van der Waals surface area (Å²) in [5, 5.41) is 0.634. The van der Waals surface area contributed by atoms with Gasteiger partial charge in [0.1, 0.15) is 11.0 Å². The lowest BCUT2D eigenvalue weighted by Gasteiger charge is -2.36. The van der Waals surface area contributed by atoms with Crippen molar-refractivity contribution in [1.82, 2.24) is 9.97 Å². The fraction of sp³-hybridized carbons (Fsp3) is 0.765. The van der Waals surface area contributed by atoms with Crippen LogP contribution >= 0.6 is 11.6 Å². The topological polar surface area (TPSA) is 25.8 Å². The summed E-state index contributed by atoms with van der Waals surface area (Å²) < 4.78 is 0. The summed E-state index contributed by atoms with van der Waals surface area (Å²) in [6.07, 6.45) is 7.55. The van der Waals surface area contributed by atoms with Gasteiger partial charge in [0.15, 0.2) is 0 Å². The van der Waals surface area contributed by atoms with Crippen LogP contribution in [-0.2, 0) is 0 Å². The SMILES string of the molecule is CC(C)(C)C1CCC(c2nc(Cl)cc(C3CC3)n2)CC1. The molecule has 0 atom stereocenters. The van der Waals surface area contributed by atoms with Gasteiger partial charge in [-0.1, -0.05) is 32.4 Å². The molecular formula is C17H25ClN2. The van der Waals surface area contributed by atoms with E-state index >= 15 is 0 Å². The lowest BCUT2D eigenvalue weighted by molar-refractivity contribution is 0.167. The van der Waals surface area contributed by atoms with Crippen LogP contribution in [-0.4, -0.2) is 9.97 Å². The molecule has 0 amide bonds. The van der Waals surface area contributed by atoms with Gasteiger partial charge in [-0.05, 0) is 55.9 Å². The van der Waals surface area contributed by atoms with Crippen LogP contribution < -0.4 is 0 Å². The Hall–Kier alpha value is -0.630. The van der Waals surface area contributed by atoms with Crippen molar-refractivity contribution in [2.45, 2.75) is 71.1 Å². The van der Waals surface area contributed by atoms with E-state index in [1.54, 1.807) is 0 Å². The molecule has 20 heavy (non-hydrogen) atoms. The minimum absolute atomic E-state index is 0.430. The second-order valence-corrected chi connectivity index (χ2v) is 8.05. The van der Waals surface area contributed by atoms with Crippen LogP contribution in [0.1, 0.15) is 82.7 Å². The van der Waals surface area contributed by atoms with Crippen molar-refractivity contribution in [3.63, 3.8) is 0 Å². The Morgan fingerprint density at radius 3 is 2.10 bits per heavy atom. The lowest BCUT2D eigenvalue weighted by Crippen LogP contribution is -2.25. The summed E-state index contributed by atoms with van der Waals surface area (Å²) >= 11 is 6.19. The summed E-state index contributed by atoms with van der Waals surface area (Å²) in [5.41, 5.74) is 1.61. The van der Waals surface area contributed by atoms with Gasteiger partial charge < -0.3 is 0 Å². The van der Waals surface area contributed by atoms with Crippen LogP contribution in [0.2, 0.25) is 5.15 Å². The molecule has 3 rings (SSSR count). The Morgan fingerprint density at radius 1 is 0.950 bits per heavy atom. The fourth-order valence-corrected chi connectivity index (χ4v) is 3.64. The van der Waals surface area contributed by atoms with Gasteiger partial charge in [0.05, 0.1) is 0 Å². The highest BCUT2D eigenvalue weighted by atomic mass is 35.5. The van der Waals surface area contributed by atoms with E-state index in [1.807, 2.05) is 6.07 Å². The predicted octanol–water partition coefficient (Wildman–Crippen LogP) is 5.33. The van der Waals surface area contributed by atoms with Gasteiger partial charge in [-0.15, -0.1) is 0 Å². The van der Waals surface area contributed by atoms with E-state index in [4.69, 9.17) is 16.6 Å². The second-order valence-electron chi connectivity index (χ2n) is 7.66. The third kappa shape index (κ3) is 3.16. The van der Waals surface area contributed by atoms with Crippen molar-refractivity contribution in [3.8, 4) is 0 Å². The molecular weight excluding hydrogens is 268 g/mol. The second kappa shape index (κ2) is 5.29. The maximum atomic E-state index is 6.19. The van der Waals surface area contributed by atoms with Crippen LogP contribution in [0, 0.1) is 11.3 Å². The molecule has 1 aromatic rings. The van der Waals surface area contributed by atoms with Crippen LogP contribution in [0.3, 0.4) is 0 Å². The van der Waals surface area contributed by atoms with Gasteiger partial charge in [-0.3, -0.25) is 0 Å². The zero-order chi connectivity index (χ0) is 14.3. The molecule has 1 aromatic heterocycles. The van der Waals surface area contributed by atoms with Crippen molar-refractivity contribution in [2.24, 2.45) is 11.3 Å². The number of hydrogen-bond acceptors (Lipinski definition) is 2. The first-order chi connectivity index (χ1) is 9.43. The normalized spacial score (nSPS) is 27.6. The van der Waals surface area contributed by atoms with Crippen LogP contribution in [0.25, 0.3) is 0 Å². The lowest BCUT2D eigenvalue weighted by atomic mass is 9.69. The molecule has 0 saturated heterocycles. The van der Waals surface area contributed by atoms with Crippen molar-refractivity contribution in [3.05, 3.63) is 22.7 Å². The van der Waals surface area contributed by atoms with Crippen molar-refractivity contribution in [2.75, 3.05) is 0 Å². The molecule has 2 saturated carbocycles. The van der Waals surface area contributed by atoms with E-state index in [1.165, 1.54) is 44.2 Å². The standard InChI is InChI=1S/C17H25ClN2/c1-17(2,3)13-8-6-12(7-9-13)16-19-14(11-4-5-11)10-15(18)20-16/h10-13H,4-9H2,1-3H3. The maximum absolute atomic E-state index is 6.19. The van der Waals surface area contributed by atoms with Crippen LogP contribution in [0.4, 0.5) is 0 Å². The van der Waals surface area contributed by atoms with E-state index in [0.717, 1.165) is 11.7 Å². The molecule has 3 heteroatoms. The number of hydrogen-bond donors (Lipinski definition) is 0. The van der Waals surface area contributed by atoms with E-state index in [9.17, 15) is 0 Å². The summed E-state index contributed by atoms with van der Waals surface area (Å²) in [4.78, 5) is 9.32. The van der Waals surface area contributed by atoms with Crippen LogP contribution in [0.5, 0.6) is 0 Å². The molecule has 2 aliphatic rings. The monoisotopic (exact) mass is 292 g/mol. The third-order valence-corrected chi connectivity index (χ3v) is 5.24. The van der Waals surface area contributed by atoms with Gasteiger partial charge in [0, 0.05) is 17.5 Å². The number of halogens is 1. The molecule has 2 aliphatic carbocycles. The average molecular weight is 293 g/mol. The number of aromatic nitrogens is 2. The summed E-state index contributed by atoms with van der Waals surface area (Å²) in [6, 6.07) is 1.96. The minimum atomic E-state index is 0.430. The van der Waals surface area contributed by atoms with Crippen molar-refractivity contribution < 1.29 is 0 Å². The quantitative estimate of drug-likeness (QED) is 0.689. The summed E-state index contributed by atoms with van der Waals surface area (Å²) in [6.45, 7) is 7.08. The molecule has 0 unspecified atom stereocenters. The Labute approximate surface area is 127 Å². The van der Waals surface area contributed by atoms with Gasteiger partial charge in [0.2, 0.25) is 0 Å². The molecule has 0 aromatic carbocycles. The highest BCUT2D eigenvalue weighted by molar-refractivity contribution is 6.29. The van der Waals surface area contributed by atoms with Crippen molar-refractivity contribution >= 4 is 11.6 Å². The Kier molecular flexibility index (Phi) is 3.79. The molecule has 2 fully saturated rings. The maximum Gasteiger partial charge on any atom is 0.133 e. The molecule has 110 valence electrons. The summed E-state index contributed by atoms with van der Waals surface area (Å²) in [7, 11) is 0. The molecule has 0 N–H and O–H groups in total. The highest BCUT2D eigenvalue weighted by Crippen LogP contribution is 2.44. The zero-order valence-electron chi connectivity index (χ0n) is 12.8. The Balaban J connectivity index is 1.71. The summed E-state index contributed by atoms with van der Waals surface area (Å²) in [5.74, 6) is 3.01. The van der Waals surface area contributed by atoms with E-state index in [-0.39, 0.29) is 0 Å². The predicted molar refractivity (Wildman–Crippen MR) is 83.2 cm³/mol. The van der Waals surface area contributed by atoms with Gasteiger partial charge in [-0.25, -0.2) is 9.97 Å². The zero-order valence-corrected chi connectivity index (χ0v) is 13.6. The van der Waals surface area contributed by atoms with E-state index in [2.05, 4.69) is 25.8 Å². The fourth-order valence-electron chi connectivity index (χ4n) is 3.44. The number of rotatable bonds is 2. The third-order valence-electron chi connectivity index (χ3n) is 5.04. The number of nitrogens with zero attached hydrogens (tertiary/aromatic N) is 2. The van der Waals surface area contributed by atoms with Crippen LogP contribution in [0.15, 0.2) is 6.07 Å². The molecule has 1 heterocycles. The molecule has 0 radical (unpaired) electrons. The Bertz CT molecular complexity index is 480. The average Bonchev–Trinajstić information content (AvgIpc) is 3.21.